The van der Waals surface area contributed by atoms with Crippen LogP contribution in [-0.2, 0) is 19.8 Å². The zero-order valence-electron chi connectivity index (χ0n) is 21.8. The van der Waals surface area contributed by atoms with Crippen molar-refractivity contribution >= 4 is 28.3 Å². The van der Waals surface area contributed by atoms with Crippen molar-refractivity contribution in [2.24, 2.45) is 0 Å². The molecule has 202 valence electrons. The van der Waals surface area contributed by atoms with E-state index in [0.29, 0.717) is 77.1 Å². The number of fused-ring (bicyclic) bond motifs is 2. The summed E-state index contributed by atoms with van der Waals surface area (Å²) in [5.41, 5.74) is 4.86. The third kappa shape index (κ3) is 4.95. The summed E-state index contributed by atoms with van der Waals surface area (Å²) in [5, 5.41) is 18.4. The van der Waals surface area contributed by atoms with E-state index in [1.165, 1.54) is 0 Å². The Labute approximate surface area is 236 Å². The number of carbonyl (C=O) groups is 1. The van der Waals surface area contributed by atoms with Gasteiger partial charge in [-0.2, -0.15) is 5.10 Å². The first kappa shape index (κ1) is 26.1. The van der Waals surface area contributed by atoms with Crippen molar-refractivity contribution in [2.75, 3.05) is 19.7 Å². The lowest BCUT2D eigenvalue weighted by Crippen LogP contribution is -2.23. The fraction of sp³-hybridized carbons (Fsp3) is 0.188. The summed E-state index contributed by atoms with van der Waals surface area (Å²) in [4.78, 5) is 14.2. The van der Waals surface area contributed by atoms with Crippen LogP contribution in [-0.4, -0.2) is 40.4 Å². The number of aromatic nitrogens is 2. The van der Waals surface area contributed by atoms with Crippen molar-refractivity contribution < 1.29 is 19.4 Å². The highest BCUT2D eigenvalue weighted by molar-refractivity contribution is 6.39. The number of aliphatic hydroxyl groups is 1. The minimum atomic E-state index is -0.218. The number of halogens is 1. The van der Waals surface area contributed by atoms with E-state index in [9.17, 15) is 4.79 Å². The molecule has 4 aromatic carbocycles. The van der Waals surface area contributed by atoms with E-state index >= 15 is 0 Å². The number of hydrogen-bond acceptors (Lipinski definition) is 6. The molecule has 7 nitrogen and oxygen atoms in total. The molecule has 5 aromatic rings. The first-order valence-corrected chi connectivity index (χ1v) is 13.6. The van der Waals surface area contributed by atoms with Crippen LogP contribution in [0.2, 0.25) is 5.02 Å². The molecule has 2 N–H and O–H groups in total. The molecule has 0 saturated carbocycles. The Balaban J connectivity index is 1.47. The molecule has 6 rings (SSSR count). The Morgan fingerprint density at radius 3 is 2.02 bits per heavy atom. The third-order valence-corrected chi connectivity index (χ3v) is 7.27. The van der Waals surface area contributed by atoms with E-state index in [1.54, 1.807) is 12.1 Å². The predicted molar refractivity (Wildman–Crippen MR) is 155 cm³/mol. The van der Waals surface area contributed by atoms with Crippen molar-refractivity contribution in [3.05, 3.63) is 112 Å². The summed E-state index contributed by atoms with van der Waals surface area (Å²) in [6.45, 7) is 2.34. The van der Waals surface area contributed by atoms with Gasteiger partial charge in [-0.05, 0) is 35.4 Å². The van der Waals surface area contributed by atoms with Gasteiger partial charge in [-0.3, -0.25) is 9.48 Å². The second kappa shape index (κ2) is 11.5. The number of nitrogens with zero attached hydrogens (tertiary/aromatic N) is 2. The number of carbonyl (C=O) groups excluding carboxylic acids is 1. The van der Waals surface area contributed by atoms with Gasteiger partial charge < -0.3 is 19.9 Å². The molecule has 0 amide bonds. The molecule has 1 aliphatic carbocycles. The molecular weight excluding hydrogens is 526 g/mol. The van der Waals surface area contributed by atoms with Crippen LogP contribution in [0.15, 0.2) is 84.9 Å². The largest absolute Gasteiger partial charge is 0.488 e. The van der Waals surface area contributed by atoms with Gasteiger partial charge in [0.15, 0.2) is 5.78 Å². The highest BCUT2D eigenvalue weighted by Crippen LogP contribution is 2.48. The van der Waals surface area contributed by atoms with Crippen molar-refractivity contribution in [1.82, 2.24) is 15.1 Å². The van der Waals surface area contributed by atoms with Gasteiger partial charge in [0.25, 0.3) is 0 Å². The van der Waals surface area contributed by atoms with E-state index in [-0.39, 0.29) is 12.4 Å². The standard InChI is InChI=1S/C32H28ClN3O4/c33-23-11-12-24-28-27(23)32(38)30-26(40-20-22-9-5-2-6-10-22)14-13-25(39-19-21-7-3-1-4-8-21)29(30)31(28)35-36(24)17-15-34-16-18-37/h1-14,34,37H,15-20H2. The van der Waals surface area contributed by atoms with Crippen LogP contribution >= 0.6 is 11.6 Å². The van der Waals surface area contributed by atoms with Crippen LogP contribution in [0.4, 0.5) is 0 Å². The SMILES string of the molecule is O=C1c2c(OCc3ccccc3)ccc(OCc3ccccc3)c2-c2nn(CCNCCO)c3ccc(Cl)c1c23. The first-order valence-electron chi connectivity index (χ1n) is 13.2. The van der Waals surface area contributed by atoms with Crippen molar-refractivity contribution in [3.8, 4) is 22.8 Å². The molecule has 0 unspecified atom stereocenters. The van der Waals surface area contributed by atoms with Crippen LogP contribution in [0.25, 0.3) is 22.2 Å². The minimum Gasteiger partial charge on any atom is -0.488 e. The number of aliphatic hydroxyl groups excluding tert-OH is 1. The first-order chi connectivity index (χ1) is 19.7. The number of rotatable bonds is 11. The average molecular weight is 554 g/mol. The van der Waals surface area contributed by atoms with Gasteiger partial charge in [0.1, 0.15) is 30.4 Å². The van der Waals surface area contributed by atoms with Gasteiger partial charge in [0.05, 0.1) is 40.4 Å². The zero-order chi connectivity index (χ0) is 27.5. The van der Waals surface area contributed by atoms with Gasteiger partial charge in [0, 0.05) is 18.5 Å². The molecule has 0 saturated heterocycles. The maximum atomic E-state index is 14.2. The van der Waals surface area contributed by atoms with Crippen LogP contribution in [0.3, 0.4) is 0 Å². The minimum absolute atomic E-state index is 0.0562. The molecule has 8 heteroatoms. The number of ketones is 1. The van der Waals surface area contributed by atoms with Gasteiger partial charge in [-0.15, -0.1) is 0 Å². The van der Waals surface area contributed by atoms with Gasteiger partial charge in [-0.1, -0.05) is 72.3 Å². The topological polar surface area (TPSA) is 85.6 Å². The van der Waals surface area contributed by atoms with Gasteiger partial charge >= 0.3 is 0 Å². The zero-order valence-corrected chi connectivity index (χ0v) is 22.5. The molecule has 0 spiro atoms. The van der Waals surface area contributed by atoms with Crippen LogP contribution in [0.1, 0.15) is 27.0 Å². The maximum Gasteiger partial charge on any atom is 0.199 e. The highest BCUT2D eigenvalue weighted by atomic mass is 35.5. The average Bonchev–Trinajstić information content (AvgIpc) is 3.36. The molecule has 0 fully saturated rings. The number of nitrogens with one attached hydrogen (secondary N) is 1. The van der Waals surface area contributed by atoms with E-state index in [1.807, 2.05) is 77.5 Å². The lowest BCUT2D eigenvalue weighted by atomic mass is 9.86. The Hall–Kier alpha value is -4.17. The Morgan fingerprint density at radius 2 is 1.40 bits per heavy atom. The second-order valence-corrected chi connectivity index (χ2v) is 9.96. The van der Waals surface area contributed by atoms with E-state index < -0.39 is 0 Å². The maximum absolute atomic E-state index is 14.2. The third-order valence-electron chi connectivity index (χ3n) is 6.95. The van der Waals surface area contributed by atoms with Crippen LogP contribution < -0.4 is 14.8 Å². The lowest BCUT2D eigenvalue weighted by Gasteiger charge is -2.22. The van der Waals surface area contributed by atoms with Crippen molar-refractivity contribution in [1.29, 1.82) is 0 Å². The second-order valence-electron chi connectivity index (χ2n) is 9.55. The molecule has 1 aromatic heterocycles. The number of hydrogen-bond donors (Lipinski definition) is 2. The predicted octanol–water partition coefficient (Wildman–Crippen LogP) is 5.64. The summed E-state index contributed by atoms with van der Waals surface area (Å²) in [6.07, 6.45) is 0. The Bertz CT molecular complexity index is 1670. The van der Waals surface area contributed by atoms with Gasteiger partial charge in [0.2, 0.25) is 0 Å². The molecule has 1 heterocycles. The Kier molecular flexibility index (Phi) is 7.51. The summed E-state index contributed by atoms with van der Waals surface area (Å²) in [5.74, 6) is 0.785. The quantitative estimate of drug-likeness (QED) is 0.202. The molecule has 0 atom stereocenters. The van der Waals surface area contributed by atoms with Crippen LogP contribution in [0, 0.1) is 0 Å². The highest BCUT2D eigenvalue weighted by Gasteiger charge is 2.35. The van der Waals surface area contributed by atoms with E-state index in [2.05, 4.69) is 5.32 Å². The summed E-state index contributed by atoms with van der Waals surface area (Å²) in [7, 11) is 0. The Morgan fingerprint density at radius 1 is 0.775 bits per heavy atom. The molecule has 40 heavy (non-hydrogen) atoms. The molecular formula is C32H28ClN3O4. The van der Waals surface area contributed by atoms with E-state index in [4.69, 9.17) is 31.3 Å². The summed E-state index contributed by atoms with van der Waals surface area (Å²) in [6, 6.07) is 27.0. The monoisotopic (exact) mass is 553 g/mol. The summed E-state index contributed by atoms with van der Waals surface area (Å²) < 4.78 is 14.4. The summed E-state index contributed by atoms with van der Waals surface area (Å²) >= 11 is 6.66. The smallest absolute Gasteiger partial charge is 0.199 e. The molecule has 1 aliphatic rings. The van der Waals surface area contributed by atoms with Crippen molar-refractivity contribution in [3.63, 3.8) is 0 Å². The molecule has 0 bridgehead atoms. The normalized spacial score (nSPS) is 12.0. The number of benzene rings is 4. The van der Waals surface area contributed by atoms with Crippen molar-refractivity contribution in [2.45, 2.75) is 19.8 Å². The van der Waals surface area contributed by atoms with Crippen LogP contribution in [0.5, 0.6) is 11.5 Å². The molecule has 0 radical (unpaired) electrons. The van der Waals surface area contributed by atoms with Gasteiger partial charge in [-0.25, -0.2) is 0 Å². The van der Waals surface area contributed by atoms with E-state index in [0.717, 1.165) is 16.6 Å². The lowest BCUT2D eigenvalue weighted by molar-refractivity contribution is 0.103. The molecule has 0 aliphatic heterocycles. The fourth-order valence-electron chi connectivity index (χ4n) is 5.06. The fourth-order valence-corrected chi connectivity index (χ4v) is 5.31. The number of ether oxygens (including phenoxy) is 2.